The Bertz CT molecular complexity index is 1130. The molecule has 180 valence electrons. The maximum Gasteiger partial charge on any atom is 0.417 e. The molecule has 0 spiro atoms. The molecule has 10 heteroatoms. The highest BCUT2D eigenvalue weighted by atomic mass is 35.5. The van der Waals surface area contributed by atoms with Crippen molar-refractivity contribution < 1.29 is 22.8 Å². The first-order valence-corrected chi connectivity index (χ1v) is 11.4. The van der Waals surface area contributed by atoms with E-state index in [1.54, 1.807) is 7.05 Å². The number of fused-ring (bicyclic) bond motifs is 1. The van der Waals surface area contributed by atoms with Gasteiger partial charge in [0.2, 0.25) is 6.17 Å². The number of carbonyl (C=O) groups excluding carboxylic acids is 2. The lowest BCUT2D eigenvalue weighted by atomic mass is 9.83. The van der Waals surface area contributed by atoms with Crippen LogP contribution in [0.2, 0.25) is 5.02 Å². The van der Waals surface area contributed by atoms with Gasteiger partial charge >= 0.3 is 12.2 Å². The van der Waals surface area contributed by atoms with Crippen molar-refractivity contribution >= 4 is 40.6 Å². The highest BCUT2D eigenvalue weighted by Gasteiger charge is 2.35. The molecule has 1 saturated carbocycles. The van der Waals surface area contributed by atoms with Gasteiger partial charge in [-0.05, 0) is 37.1 Å². The van der Waals surface area contributed by atoms with Gasteiger partial charge in [-0.3, -0.25) is 9.79 Å². The van der Waals surface area contributed by atoms with Crippen LogP contribution in [-0.2, 0) is 11.0 Å². The maximum atomic E-state index is 13.2. The van der Waals surface area contributed by atoms with E-state index >= 15 is 0 Å². The van der Waals surface area contributed by atoms with E-state index in [2.05, 4.69) is 15.6 Å². The normalized spacial score (nSPS) is 19.2. The van der Waals surface area contributed by atoms with Gasteiger partial charge in [0.15, 0.2) is 0 Å². The molecule has 0 bridgehead atoms. The predicted octanol–water partition coefficient (Wildman–Crippen LogP) is 5.85. The molecule has 1 aliphatic carbocycles. The Hall–Kier alpha value is -3.07. The van der Waals surface area contributed by atoms with Gasteiger partial charge < -0.3 is 15.5 Å². The summed E-state index contributed by atoms with van der Waals surface area (Å²) in [6, 6.07) is 9.68. The van der Waals surface area contributed by atoms with Crippen LogP contribution in [0.15, 0.2) is 47.5 Å². The lowest BCUT2D eigenvalue weighted by Gasteiger charge is -2.25. The number of anilines is 2. The van der Waals surface area contributed by atoms with Gasteiger partial charge in [0.25, 0.3) is 5.91 Å². The predicted molar refractivity (Wildman–Crippen MR) is 125 cm³/mol. The molecular formula is C24H24ClF3N4O2. The molecule has 6 nitrogen and oxygen atoms in total. The van der Waals surface area contributed by atoms with Crippen LogP contribution in [0.5, 0.6) is 0 Å². The summed E-state index contributed by atoms with van der Waals surface area (Å²) >= 11 is 5.64. The fraction of sp³-hybridized carbons (Fsp3) is 0.375. The molecule has 3 amide bonds. The Morgan fingerprint density at radius 1 is 1.12 bits per heavy atom. The first-order valence-electron chi connectivity index (χ1n) is 11.0. The number of para-hydroxylation sites is 1. The Morgan fingerprint density at radius 2 is 1.82 bits per heavy atom. The monoisotopic (exact) mass is 492 g/mol. The zero-order valence-electron chi connectivity index (χ0n) is 18.5. The first-order chi connectivity index (χ1) is 16.1. The van der Waals surface area contributed by atoms with Crippen molar-refractivity contribution in [3.05, 3.63) is 58.6 Å². The van der Waals surface area contributed by atoms with Crippen molar-refractivity contribution in [2.45, 2.75) is 44.4 Å². The highest BCUT2D eigenvalue weighted by Crippen LogP contribution is 2.36. The summed E-state index contributed by atoms with van der Waals surface area (Å²) in [5, 5.41) is 4.40. The Labute approximate surface area is 200 Å². The minimum atomic E-state index is -4.67. The number of hydrogen-bond donors (Lipinski definition) is 2. The van der Waals surface area contributed by atoms with E-state index in [1.807, 2.05) is 24.3 Å². The molecule has 1 heterocycles. The van der Waals surface area contributed by atoms with Crippen LogP contribution in [0, 0.1) is 5.92 Å². The second kappa shape index (κ2) is 9.66. The number of nitrogens with zero attached hydrogens (tertiary/aromatic N) is 2. The lowest BCUT2D eigenvalue weighted by Crippen LogP contribution is -2.47. The third kappa shape index (κ3) is 5.04. The number of benzodiazepines with no additional fused rings is 1. The topological polar surface area (TPSA) is 73.8 Å². The number of rotatable bonds is 3. The van der Waals surface area contributed by atoms with Crippen molar-refractivity contribution in [2.75, 3.05) is 17.3 Å². The number of alkyl halides is 3. The molecule has 34 heavy (non-hydrogen) atoms. The minimum Gasteiger partial charge on any atom is -0.311 e. The van der Waals surface area contributed by atoms with Crippen LogP contribution in [0.3, 0.4) is 0 Å². The molecule has 0 aromatic heterocycles. The van der Waals surface area contributed by atoms with E-state index in [0.717, 1.165) is 55.5 Å². The summed E-state index contributed by atoms with van der Waals surface area (Å²) in [5.41, 5.74) is 1.15. The smallest absolute Gasteiger partial charge is 0.311 e. The molecule has 1 unspecified atom stereocenters. The van der Waals surface area contributed by atoms with Gasteiger partial charge in [0.1, 0.15) is 0 Å². The molecule has 0 radical (unpaired) electrons. The second-order valence-electron chi connectivity index (χ2n) is 8.46. The third-order valence-corrected chi connectivity index (χ3v) is 6.49. The molecule has 1 atom stereocenters. The molecule has 2 aromatic rings. The molecule has 1 aliphatic heterocycles. The number of aliphatic imine (C=N–C) groups is 1. The third-order valence-electron chi connectivity index (χ3n) is 6.16. The maximum absolute atomic E-state index is 13.2. The molecule has 1 fully saturated rings. The van der Waals surface area contributed by atoms with E-state index < -0.39 is 34.9 Å². The van der Waals surface area contributed by atoms with Crippen molar-refractivity contribution in [2.24, 2.45) is 10.9 Å². The van der Waals surface area contributed by atoms with Crippen LogP contribution in [-0.4, -0.2) is 30.9 Å². The number of nitrogens with one attached hydrogen (secondary N) is 2. The van der Waals surface area contributed by atoms with E-state index in [0.29, 0.717) is 5.69 Å². The fourth-order valence-corrected chi connectivity index (χ4v) is 4.68. The Kier molecular flexibility index (Phi) is 6.84. The SMILES string of the molecule is CN1C(=O)C(NC(=O)Nc2ccc(Cl)c(C(F)(F)F)c2)N=C(C2CCCCC2)c2ccccc21. The number of urea groups is 1. The standard InChI is InChI=1S/C24H24ClF3N4O2/c1-32-19-10-6-5-9-16(19)20(14-7-3-2-4-8-14)30-21(22(32)33)31-23(34)29-15-11-12-18(25)17(13-15)24(26,27)28/h5-6,9-14,21H,2-4,7-8H2,1H3,(H2,29,31,34). The highest BCUT2D eigenvalue weighted by molar-refractivity contribution is 6.31. The quantitative estimate of drug-likeness (QED) is 0.564. The van der Waals surface area contributed by atoms with Gasteiger partial charge in [-0.1, -0.05) is 49.1 Å². The van der Waals surface area contributed by atoms with E-state index in [9.17, 15) is 22.8 Å². The molecule has 2 aromatic carbocycles. The summed E-state index contributed by atoms with van der Waals surface area (Å²) in [5.74, 6) is -0.285. The summed E-state index contributed by atoms with van der Waals surface area (Å²) in [6.07, 6.45) is -0.738. The zero-order chi connectivity index (χ0) is 24.5. The summed E-state index contributed by atoms with van der Waals surface area (Å²) in [7, 11) is 1.61. The van der Waals surface area contributed by atoms with Gasteiger partial charge in [-0.15, -0.1) is 0 Å². The van der Waals surface area contributed by atoms with Gasteiger partial charge in [0.05, 0.1) is 22.0 Å². The molecular weight excluding hydrogens is 469 g/mol. The van der Waals surface area contributed by atoms with Crippen molar-refractivity contribution in [1.29, 1.82) is 0 Å². The average molecular weight is 493 g/mol. The van der Waals surface area contributed by atoms with E-state index in [-0.39, 0.29) is 11.6 Å². The Balaban J connectivity index is 1.61. The van der Waals surface area contributed by atoms with Crippen molar-refractivity contribution in [1.82, 2.24) is 5.32 Å². The Morgan fingerprint density at radius 3 is 2.53 bits per heavy atom. The number of likely N-dealkylation sites (N-methyl/N-ethyl adjacent to an activating group) is 1. The second-order valence-corrected chi connectivity index (χ2v) is 8.86. The first kappa shape index (κ1) is 24.1. The van der Waals surface area contributed by atoms with Crippen LogP contribution in [0.4, 0.5) is 29.3 Å². The van der Waals surface area contributed by atoms with Gasteiger partial charge in [0, 0.05) is 24.2 Å². The van der Waals surface area contributed by atoms with E-state index in [1.165, 1.54) is 11.0 Å². The van der Waals surface area contributed by atoms with Crippen LogP contribution in [0.25, 0.3) is 0 Å². The van der Waals surface area contributed by atoms with Crippen LogP contribution < -0.4 is 15.5 Å². The number of halogens is 4. The largest absolute Gasteiger partial charge is 0.417 e. The average Bonchev–Trinajstić information content (AvgIpc) is 2.91. The number of amides is 3. The van der Waals surface area contributed by atoms with Gasteiger partial charge in [-0.2, -0.15) is 13.2 Å². The van der Waals surface area contributed by atoms with Crippen LogP contribution >= 0.6 is 11.6 Å². The summed E-state index contributed by atoms with van der Waals surface area (Å²) in [4.78, 5) is 32.0. The van der Waals surface area contributed by atoms with Crippen molar-refractivity contribution in [3.63, 3.8) is 0 Å². The van der Waals surface area contributed by atoms with Crippen LogP contribution in [0.1, 0.15) is 43.2 Å². The molecule has 0 saturated heterocycles. The number of hydrogen-bond acceptors (Lipinski definition) is 3. The summed E-state index contributed by atoms with van der Waals surface area (Å²) in [6.45, 7) is 0. The molecule has 2 N–H and O–H groups in total. The van der Waals surface area contributed by atoms with Crippen molar-refractivity contribution in [3.8, 4) is 0 Å². The molecule has 4 rings (SSSR count). The lowest BCUT2D eigenvalue weighted by molar-refractivity contribution is -0.137. The van der Waals surface area contributed by atoms with E-state index in [4.69, 9.17) is 11.6 Å². The molecule has 2 aliphatic rings. The fourth-order valence-electron chi connectivity index (χ4n) is 4.46. The van der Waals surface area contributed by atoms with Gasteiger partial charge in [-0.25, -0.2) is 4.79 Å². The summed E-state index contributed by atoms with van der Waals surface area (Å²) < 4.78 is 39.4. The number of carbonyl (C=O) groups is 2. The zero-order valence-corrected chi connectivity index (χ0v) is 19.2. The minimum absolute atomic E-state index is 0.108. The number of benzene rings is 2.